The van der Waals surface area contributed by atoms with Gasteiger partial charge in [-0.1, -0.05) is 0 Å². The number of hydrogen-bond donors (Lipinski definition) is 6. The molecular weight excluding hydrogens is 486 g/mol. The van der Waals surface area contributed by atoms with Crippen LogP contribution in [0.1, 0.15) is 32.3 Å². The first-order valence-corrected chi connectivity index (χ1v) is 11.5. The molecule has 1 aliphatic rings. The lowest BCUT2D eigenvalue weighted by Crippen LogP contribution is -2.50. The molecule has 0 fully saturated rings. The van der Waals surface area contributed by atoms with Crippen LogP contribution in [0.15, 0.2) is 34.1 Å². The molecule has 7 N–H and O–H groups in total. The Kier molecular flexibility index (Phi) is 8.66. The minimum absolute atomic E-state index is 0.0559. The quantitative estimate of drug-likeness (QED) is 0.139. The van der Waals surface area contributed by atoms with E-state index in [-0.39, 0.29) is 42.3 Å². The molecule has 14 nitrogen and oxygen atoms in total. The number of ether oxygens (including phenoxy) is 1. The van der Waals surface area contributed by atoms with Gasteiger partial charge >= 0.3 is 11.9 Å². The van der Waals surface area contributed by atoms with Crippen molar-refractivity contribution in [2.45, 2.75) is 44.9 Å². The third-order valence-corrected chi connectivity index (χ3v) is 5.39. The minimum Gasteiger partial charge on any atom is -0.481 e. The third kappa shape index (κ3) is 6.96. The number of carboxylic acid groups (broad SMARTS) is 2. The van der Waals surface area contributed by atoms with Crippen molar-refractivity contribution < 1.29 is 29.3 Å². The number of nitrogens with one attached hydrogen (secondary N) is 3. The summed E-state index contributed by atoms with van der Waals surface area (Å²) < 4.78 is 5.72. The summed E-state index contributed by atoms with van der Waals surface area (Å²) in [6.45, 7) is 4.16. The summed E-state index contributed by atoms with van der Waals surface area (Å²) in [6.07, 6.45) is -0.246. The average molecular weight is 516 g/mol. The van der Waals surface area contributed by atoms with E-state index in [1.165, 1.54) is 4.90 Å². The van der Waals surface area contributed by atoms with Crippen LogP contribution in [0.25, 0.3) is 0 Å². The summed E-state index contributed by atoms with van der Waals surface area (Å²) in [5.74, 6) is -2.10. The highest BCUT2D eigenvalue weighted by atomic mass is 16.5. The summed E-state index contributed by atoms with van der Waals surface area (Å²) >= 11 is 0. The van der Waals surface area contributed by atoms with Gasteiger partial charge in [-0.15, -0.1) is 0 Å². The zero-order valence-corrected chi connectivity index (χ0v) is 20.3. The monoisotopic (exact) mass is 515 g/mol. The Morgan fingerprint density at radius 3 is 2.62 bits per heavy atom. The van der Waals surface area contributed by atoms with Crippen molar-refractivity contribution in [3.05, 3.63) is 40.2 Å². The number of hydrogen-bond acceptors (Lipinski definition) is 10. The fraction of sp³-hybridized carbons (Fsp3) is 0.391. The molecule has 0 bridgehead atoms. The fourth-order valence-corrected chi connectivity index (χ4v) is 3.66. The molecule has 0 radical (unpaired) electrons. The second kappa shape index (κ2) is 11.9. The lowest BCUT2D eigenvalue weighted by molar-refractivity contribution is -0.139. The maximum Gasteiger partial charge on any atom is 0.328 e. The van der Waals surface area contributed by atoms with Crippen molar-refractivity contribution in [3.8, 4) is 0 Å². The Hall–Kier alpha value is -4.62. The predicted molar refractivity (Wildman–Crippen MR) is 136 cm³/mol. The van der Waals surface area contributed by atoms with Gasteiger partial charge in [0, 0.05) is 30.8 Å². The predicted octanol–water partition coefficient (Wildman–Crippen LogP) is 0.711. The van der Waals surface area contributed by atoms with Crippen LogP contribution in [0.2, 0.25) is 0 Å². The van der Waals surface area contributed by atoms with Gasteiger partial charge in [0.05, 0.1) is 12.1 Å². The summed E-state index contributed by atoms with van der Waals surface area (Å²) in [5, 5.41) is 24.6. The number of aromatic nitrogens is 2. The maximum absolute atomic E-state index is 12.3. The molecule has 2 unspecified atom stereocenters. The molecule has 0 aliphatic carbocycles. The summed E-state index contributed by atoms with van der Waals surface area (Å²) in [4.78, 5) is 58.4. The first-order valence-electron chi connectivity index (χ1n) is 11.5. The molecule has 198 valence electrons. The molecule has 0 saturated heterocycles. The first-order chi connectivity index (χ1) is 17.6. The Balaban J connectivity index is 1.74. The van der Waals surface area contributed by atoms with Crippen LogP contribution in [0.5, 0.6) is 0 Å². The molecule has 2 heterocycles. The van der Waals surface area contributed by atoms with E-state index in [9.17, 15) is 24.3 Å². The number of benzene rings is 1. The maximum atomic E-state index is 12.3. The number of anilines is 4. The van der Waals surface area contributed by atoms with E-state index in [1.54, 1.807) is 38.1 Å². The van der Waals surface area contributed by atoms with Gasteiger partial charge < -0.3 is 36.2 Å². The Morgan fingerprint density at radius 2 is 2.03 bits per heavy atom. The number of aromatic amines is 1. The second-order valence-electron chi connectivity index (χ2n) is 8.54. The van der Waals surface area contributed by atoms with Crippen molar-refractivity contribution >= 4 is 47.4 Å². The van der Waals surface area contributed by atoms with E-state index in [4.69, 9.17) is 15.6 Å². The number of aliphatic carboxylic acids is 2. The highest BCUT2D eigenvalue weighted by Crippen LogP contribution is 2.25. The van der Waals surface area contributed by atoms with Crippen LogP contribution in [-0.2, 0) is 19.1 Å². The molecule has 1 aromatic carbocycles. The number of aliphatic imine (C=N–C) groups is 1. The van der Waals surface area contributed by atoms with Crippen LogP contribution >= 0.6 is 0 Å². The highest BCUT2D eigenvalue weighted by Gasteiger charge is 2.29. The van der Waals surface area contributed by atoms with Crippen LogP contribution in [-0.4, -0.2) is 75.7 Å². The molecule has 0 saturated carbocycles. The van der Waals surface area contributed by atoms with E-state index >= 15 is 0 Å². The summed E-state index contributed by atoms with van der Waals surface area (Å²) in [6, 6.07) is 5.15. The molecule has 14 heteroatoms. The van der Waals surface area contributed by atoms with E-state index in [2.05, 4.69) is 25.6 Å². The van der Waals surface area contributed by atoms with Gasteiger partial charge in [0.15, 0.2) is 17.5 Å². The summed E-state index contributed by atoms with van der Waals surface area (Å²) in [7, 11) is 0. The lowest BCUT2D eigenvalue weighted by Gasteiger charge is -2.34. The number of H-pyrrole nitrogens is 1. The number of rotatable bonds is 11. The van der Waals surface area contributed by atoms with Crippen molar-refractivity contribution in [2.24, 2.45) is 4.99 Å². The number of nitrogens with zero attached hydrogens (tertiary/aromatic N) is 3. The largest absolute Gasteiger partial charge is 0.481 e. The topological polar surface area (TPSA) is 212 Å². The van der Waals surface area contributed by atoms with Gasteiger partial charge in [-0.25, -0.2) is 9.79 Å². The molecule has 1 amide bonds. The minimum atomic E-state index is -1.27. The number of fused-ring (bicyclic) bond motifs is 1. The lowest BCUT2D eigenvalue weighted by atomic mass is 10.1. The third-order valence-electron chi connectivity index (χ3n) is 5.39. The molecule has 1 aliphatic heterocycles. The Bertz CT molecular complexity index is 1230. The number of amides is 1. The number of nitrogens with two attached hydrogens (primary N) is 1. The van der Waals surface area contributed by atoms with Crippen molar-refractivity contribution in [1.82, 2.24) is 9.97 Å². The Morgan fingerprint density at radius 1 is 1.32 bits per heavy atom. The van der Waals surface area contributed by atoms with Crippen LogP contribution in [0, 0.1) is 0 Å². The standard InChI is InChI=1S/C23H29N7O7/c1-12(2)37-21(27-16(22(35)36)7-8-17(32)33)13-3-5-14(6-4-13)25-9-15-10-26-19-18(30(15)11-31)20(34)29-23(24)28-19/h3-6,11-12,15-16,25H,7-10H2,1-2H3,(H,32,33)(H,35,36)(H4,24,26,28,29,34). The van der Waals surface area contributed by atoms with E-state index in [1.807, 2.05) is 0 Å². The van der Waals surface area contributed by atoms with Gasteiger partial charge in [0.1, 0.15) is 0 Å². The second-order valence-corrected chi connectivity index (χ2v) is 8.54. The van der Waals surface area contributed by atoms with E-state index in [0.29, 0.717) is 30.8 Å². The van der Waals surface area contributed by atoms with Crippen LogP contribution in [0.4, 0.5) is 23.1 Å². The van der Waals surface area contributed by atoms with E-state index in [0.717, 1.165) is 0 Å². The average Bonchev–Trinajstić information content (AvgIpc) is 2.83. The number of nitrogen functional groups attached to an aromatic ring is 1. The number of carbonyl (C=O) groups excluding carboxylic acids is 1. The molecule has 2 aromatic rings. The van der Waals surface area contributed by atoms with Gasteiger partial charge in [-0.2, -0.15) is 4.98 Å². The SMILES string of the molecule is CC(C)OC(=NC(CCC(=O)O)C(=O)O)c1ccc(NCC2CNc3nc(N)[nH]c(=O)c3N2C=O)cc1. The van der Waals surface area contributed by atoms with Gasteiger partial charge in [-0.3, -0.25) is 19.4 Å². The smallest absolute Gasteiger partial charge is 0.328 e. The van der Waals surface area contributed by atoms with Crippen molar-refractivity contribution in [1.29, 1.82) is 0 Å². The van der Waals surface area contributed by atoms with Crippen molar-refractivity contribution in [3.63, 3.8) is 0 Å². The fourth-order valence-electron chi connectivity index (χ4n) is 3.66. The normalized spacial score (nSPS) is 15.9. The molecule has 1 aromatic heterocycles. The molecule has 2 atom stereocenters. The zero-order chi connectivity index (χ0) is 27.1. The molecule has 3 rings (SSSR count). The van der Waals surface area contributed by atoms with Gasteiger partial charge in [0.2, 0.25) is 18.3 Å². The molecule has 37 heavy (non-hydrogen) atoms. The van der Waals surface area contributed by atoms with Crippen LogP contribution in [0.3, 0.4) is 0 Å². The van der Waals surface area contributed by atoms with Crippen LogP contribution < -0.4 is 26.8 Å². The number of carbonyl (C=O) groups is 3. The summed E-state index contributed by atoms with van der Waals surface area (Å²) in [5.41, 5.74) is 6.33. The van der Waals surface area contributed by atoms with Gasteiger partial charge in [0.25, 0.3) is 5.56 Å². The van der Waals surface area contributed by atoms with Crippen molar-refractivity contribution in [2.75, 3.05) is 34.4 Å². The van der Waals surface area contributed by atoms with Gasteiger partial charge in [-0.05, 0) is 44.5 Å². The van der Waals surface area contributed by atoms with E-state index < -0.39 is 29.6 Å². The molecule has 0 spiro atoms. The first kappa shape index (κ1) is 27.0. The zero-order valence-electron chi connectivity index (χ0n) is 20.3. The molecular formula is C23H29N7O7. The Labute approximate surface area is 211 Å². The highest BCUT2D eigenvalue weighted by molar-refractivity contribution is 5.96. The number of carboxylic acids is 2.